The van der Waals surface area contributed by atoms with Gasteiger partial charge < -0.3 is 4.42 Å². The number of hydrogen-bond acceptors (Lipinski definition) is 5. The van der Waals surface area contributed by atoms with Crippen LogP contribution in [0.4, 0.5) is 0 Å². The Morgan fingerprint density at radius 1 is 1.38 bits per heavy atom. The van der Waals surface area contributed by atoms with Crippen LogP contribution < -0.4 is 0 Å². The molecule has 1 N–H and O–H groups in total. The second-order valence-corrected chi connectivity index (χ2v) is 8.92. The first kappa shape index (κ1) is 17.1. The molecule has 7 heteroatoms. The van der Waals surface area contributed by atoms with Crippen molar-refractivity contribution in [1.82, 2.24) is 15.1 Å². The van der Waals surface area contributed by atoms with Gasteiger partial charge in [-0.3, -0.25) is 10.00 Å². The van der Waals surface area contributed by atoms with Gasteiger partial charge in [-0.25, -0.2) is 8.42 Å². The zero-order valence-corrected chi connectivity index (χ0v) is 15.2. The van der Waals surface area contributed by atoms with Crippen molar-refractivity contribution in [2.75, 3.05) is 18.1 Å². The Hall–Kier alpha value is -2.38. The third-order valence-electron chi connectivity index (χ3n) is 4.85. The van der Waals surface area contributed by atoms with Crippen molar-refractivity contribution in [3.63, 3.8) is 0 Å². The molecule has 0 saturated carbocycles. The van der Waals surface area contributed by atoms with E-state index in [9.17, 15) is 8.42 Å². The van der Waals surface area contributed by atoms with Gasteiger partial charge in [-0.05, 0) is 18.6 Å². The van der Waals surface area contributed by atoms with Crippen LogP contribution in [0.15, 0.2) is 53.6 Å². The predicted octanol–water partition coefficient (Wildman–Crippen LogP) is 3.00. The third-order valence-corrected chi connectivity index (χ3v) is 6.60. The number of furan rings is 1. The normalized spacial score (nSPS) is 19.3. The summed E-state index contributed by atoms with van der Waals surface area (Å²) >= 11 is 0. The summed E-state index contributed by atoms with van der Waals surface area (Å²) in [5.41, 5.74) is 2.64. The maximum atomic E-state index is 11.9. The molecule has 1 aromatic carbocycles. The highest BCUT2D eigenvalue weighted by Crippen LogP contribution is 2.30. The number of nitrogens with one attached hydrogen (secondary N) is 1. The zero-order chi connectivity index (χ0) is 18.1. The molecule has 0 radical (unpaired) electrons. The number of para-hydroxylation sites is 1. The Morgan fingerprint density at radius 2 is 2.23 bits per heavy atom. The standard InChI is InChI=1S/C19H21N3O3S/c1-2-8-22(16-7-9-26(23,24)13-16)12-15-11-20-21-19(15)18-10-14-5-3-4-6-17(14)25-18/h2-6,10-11,16H,1,7-9,12-13H2,(H,20,21)/t16-/m0/s1. The molecule has 3 heterocycles. The molecule has 0 unspecified atom stereocenters. The lowest BCUT2D eigenvalue weighted by atomic mass is 10.1. The van der Waals surface area contributed by atoms with Crippen LogP contribution in [0.3, 0.4) is 0 Å². The fourth-order valence-electron chi connectivity index (χ4n) is 3.54. The van der Waals surface area contributed by atoms with Gasteiger partial charge in [0.2, 0.25) is 0 Å². The summed E-state index contributed by atoms with van der Waals surface area (Å²) < 4.78 is 29.7. The average Bonchev–Trinajstić information content (AvgIpc) is 3.31. The summed E-state index contributed by atoms with van der Waals surface area (Å²) in [6.07, 6.45) is 4.25. The lowest BCUT2D eigenvalue weighted by molar-refractivity contribution is 0.227. The van der Waals surface area contributed by atoms with Gasteiger partial charge in [-0.1, -0.05) is 24.3 Å². The molecule has 1 atom stereocenters. The van der Waals surface area contributed by atoms with Crippen LogP contribution in [0.2, 0.25) is 0 Å². The van der Waals surface area contributed by atoms with Gasteiger partial charge >= 0.3 is 0 Å². The van der Waals surface area contributed by atoms with Crippen LogP contribution in [0.1, 0.15) is 12.0 Å². The second-order valence-electron chi connectivity index (χ2n) is 6.69. The van der Waals surface area contributed by atoms with Gasteiger partial charge in [0.1, 0.15) is 11.3 Å². The number of aromatic amines is 1. The van der Waals surface area contributed by atoms with Crippen LogP contribution in [0, 0.1) is 0 Å². The highest BCUT2D eigenvalue weighted by atomic mass is 32.2. The molecule has 1 aliphatic heterocycles. The van der Waals surface area contributed by atoms with Crippen molar-refractivity contribution >= 4 is 20.8 Å². The van der Waals surface area contributed by atoms with Gasteiger partial charge in [0, 0.05) is 30.1 Å². The van der Waals surface area contributed by atoms with E-state index in [0.29, 0.717) is 19.5 Å². The minimum absolute atomic E-state index is 0.0106. The molecule has 1 aliphatic rings. The van der Waals surface area contributed by atoms with Gasteiger partial charge in [0.05, 0.1) is 17.7 Å². The van der Waals surface area contributed by atoms with Crippen molar-refractivity contribution in [3.05, 3.63) is 54.7 Å². The fraction of sp³-hybridized carbons (Fsp3) is 0.316. The summed E-state index contributed by atoms with van der Waals surface area (Å²) in [4.78, 5) is 2.15. The molecule has 26 heavy (non-hydrogen) atoms. The minimum Gasteiger partial charge on any atom is -0.454 e. The van der Waals surface area contributed by atoms with E-state index >= 15 is 0 Å². The number of fused-ring (bicyclic) bond motifs is 1. The van der Waals surface area contributed by atoms with Crippen LogP contribution in [0.25, 0.3) is 22.4 Å². The molecule has 4 rings (SSSR count). The highest BCUT2D eigenvalue weighted by Gasteiger charge is 2.32. The van der Waals surface area contributed by atoms with E-state index in [2.05, 4.69) is 21.7 Å². The molecular formula is C19H21N3O3S. The molecule has 0 spiro atoms. The van der Waals surface area contributed by atoms with Crippen molar-refractivity contribution in [2.45, 2.75) is 19.0 Å². The molecule has 2 aromatic heterocycles. The molecule has 0 aliphatic carbocycles. The first-order valence-electron chi connectivity index (χ1n) is 8.62. The van der Waals surface area contributed by atoms with Crippen LogP contribution in [-0.4, -0.2) is 47.6 Å². The molecule has 136 valence electrons. The van der Waals surface area contributed by atoms with Gasteiger partial charge in [-0.15, -0.1) is 6.58 Å². The number of sulfone groups is 1. The van der Waals surface area contributed by atoms with E-state index in [1.807, 2.05) is 36.4 Å². The quantitative estimate of drug-likeness (QED) is 0.674. The molecule has 3 aromatic rings. The van der Waals surface area contributed by atoms with Crippen LogP contribution in [0.5, 0.6) is 0 Å². The number of benzene rings is 1. The second kappa shape index (κ2) is 6.74. The first-order chi connectivity index (χ1) is 12.6. The van der Waals surface area contributed by atoms with Crippen LogP contribution >= 0.6 is 0 Å². The monoisotopic (exact) mass is 371 g/mol. The van der Waals surface area contributed by atoms with Crippen LogP contribution in [-0.2, 0) is 16.4 Å². The Bertz CT molecular complexity index is 1000. The molecule has 0 bridgehead atoms. The van der Waals surface area contributed by atoms with Crippen molar-refractivity contribution in [3.8, 4) is 11.5 Å². The first-order valence-corrected chi connectivity index (χ1v) is 10.4. The smallest absolute Gasteiger partial charge is 0.153 e. The van der Waals surface area contributed by atoms with E-state index in [1.54, 1.807) is 6.20 Å². The van der Waals surface area contributed by atoms with E-state index in [1.165, 1.54) is 0 Å². The average molecular weight is 371 g/mol. The maximum Gasteiger partial charge on any atom is 0.153 e. The molecule has 1 saturated heterocycles. The summed E-state index contributed by atoms with van der Waals surface area (Å²) in [5, 5.41) is 8.24. The summed E-state index contributed by atoms with van der Waals surface area (Å²) in [6, 6.07) is 9.85. The van der Waals surface area contributed by atoms with Gasteiger partial charge in [0.15, 0.2) is 15.6 Å². The highest BCUT2D eigenvalue weighted by molar-refractivity contribution is 7.91. The molecular weight excluding hydrogens is 350 g/mol. The zero-order valence-electron chi connectivity index (χ0n) is 14.4. The largest absolute Gasteiger partial charge is 0.454 e. The molecule has 1 fully saturated rings. The lowest BCUT2D eigenvalue weighted by Gasteiger charge is -2.26. The van der Waals surface area contributed by atoms with Crippen molar-refractivity contribution < 1.29 is 12.8 Å². The minimum atomic E-state index is -2.94. The van der Waals surface area contributed by atoms with E-state index in [-0.39, 0.29) is 17.5 Å². The SMILES string of the molecule is C=CCN(Cc1cn[nH]c1-c1cc2ccccc2o1)[C@H]1CCS(=O)(=O)C1. The topological polar surface area (TPSA) is 79.2 Å². The molecule has 0 amide bonds. The lowest BCUT2D eigenvalue weighted by Crippen LogP contribution is -2.35. The molecule has 6 nitrogen and oxygen atoms in total. The van der Waals surface area contributed by atoms with Crippen molar-refractivity contribution in [2.24, 2.45) is 0 Å². The Labute approximate surface area is 152 Å². The summed E-state index contributed by atoms with van der Waals surface area (Å²) in [6.45, 7) is 5.04. The van der Waals surface area contributed by atoms with Gasteiger partial charge in [-0.2, -0.15) is 5.10 Å². The summed E-state index contributed by atoms with van der Waals surface area (Å²) in [5.74, 6) is 1.20. The number of H-pyrrole nitrogens is 1. The van der Waals surface area contributed by atoms with E-state index in [0.717, 1.165) is 28.0 Å². The van der Waals surface area contributed by atoms with Crippen molar-refractivity contribution in [1.29, 1.82) is 0 Å². The fourth-order valence-corrected chi connectivity index (χ4v) is 5.30. The van der Waals surface area contributed by atoms with E-state index < -0.39 is 9.84 Å². The number of aromatic nitrogens is 2. The number of nitrogens with zero attached hydrogens (tertiary/aromatic N) is 2. The third kappa shape index (κ3) is 3.32. The Kier molecular flexibility index (Phi) is 4.42. The number of rotatable bonds is 6. The Balaban J connectivity index is 1.62. The predicted molar refractivity (Wildman–Crippen MR) is 101 cm³/mol. The van der Waals surface area contributed by atoms with E-state index in [4.69, 9.17) is 4.42 Å². The van der Waals surface area contributed by atoms with Gasteiger partial charge in [0.25, 0.3) is 0 Å². The maximum absolute atomic E-state index is 11.9. The Morgan fingerprint density at radius 3 is 2.96 bits per heavy atom. The number of hydrogen-bond donors (Lipinski definition) is 1. The summed E-state index contributed by atoms with van der Waals surface area (Å²) in [7, 11) is -2.94.